The van der Waals surface area contributed by atoms with Crippen molar-refractivity contribution in [2.75, 3.05) is 12.4 Å². The molecule has 0 spiro atoms. The van der Waals surface area contributed by atoms with Crippen LogP contribution in [0.25, 0.3) is 0 Å². The summed E-state index contributed by atoms with van der Waals surface area (Å²) in [5.41, 5.74) is 0.373. The number of benzene rings is 3. The Hall–Kier alpha value is 0.360. The Morgan fingerprint density at radius 3 is 1.72 bits per heavy atom. The van der Waals surface area contributed by atoms with Crippen molar-refractivity contribution in [3.8, 4) is 11.5 Å². The van der Waals surface area contributed by atoms with E-state index in [1.807, 2.05) is 57.3 Å². The molecule has 9 nitrogen and oxygen atoms in total. The molecular weight excluding hydrogens is 1210 g/mol. The predicted molar refractivity (Wildman–Crippen MR) is 192 cm³/mol. The van der Waals surface area contributed by atoms with Crippen molar-refractivity contribution in [2.45, 2.75) is 0 Å². The summed E-state index contributed by atoms with van der Waals surface area (Å²) in [6, 6.07) is 10.8. The smallest absolute Gasteiger partial charge is 0.344 e. The molecule has 1 N–H and O–H groups in total. The van der Waals surface area contributed by atoms with E-state index in [1.54, 1.807) is 12.1 Å². The minimum absolute atomic E-state index is 0.00567. The zero-order chi connectivity index (χ0) is 29.1. The minimum Gasteiger partial charge on any atom is -0.461 e. The Kier molecular flexibility index (Phi) is 12.8. The third-order valence-corrected chi connectivity index (χ3v) is 12.6. The molecular formula is C23H12I6O9S. The van der Waals surface area contributed by atoms with Gasteiger partial charge in [-0.3, -0.25) is 4.55 Å². The van der Waals surface area contributed by atoms with E-state index in [2.05, 4.69) is 90.4 Å². The zero-order valence-corrected chi connectivity index (χ0v) is 32.6. The van der Waals surface area contributed by atoms with Crippen LogP contribution in [0.3, 0.4) is 0 Å². The Morgan fingerprint density at radius 2 is 1.21 bits per heavy atom. The molecule has 0 unspecified atom stereocenters. The fourth-order valence-corrected chi connectivity index (χ4v) is 7.91. The summed E-state index contributed by atoms with van der Waals surface area (Å²) in [6.45, 7) is -0.627. The van der Waals surface area contributed by atoms with Gasteiger partial charge in [-0.1, -0.05) is 0 Å². The van der Waals surface area contributed by atoms with E-state index in [4.69, 9.17) is 18.8 Å². The highest BCUT2D eigenvalue weighted by Crippen LogP contribution is 2.30. The van der Waals surface area contributed by atoms with Crippen LogP contribution in [0.2, 0.25) is 0 Å². The quantitative estimate of drug-likeness (QED) is 0.0851. The minimum atomic E-state index is -4.36. The van der Waals surface area contributed by atoms with E-state index in [0.29, 0.717) is 12.7 Å². The number of hydrogen-bond acceptors (Lipinski definition) is 8. The van der Waals surface area contributed by atoms with Gasteiger partial charge in [-0.2, -0.15) is 8.42 Å². The first-order valence-electron chi connectivity index (χ1n) is 10.2. The van der Waals surface area contributed by atoms with Gasteiger partial charge < -0.3 is 14.2 Å². The highest BCUT2D eigenvalue weighted by atomic mass is 127. The summed E-state index contributed by atoms with van der Waals surface area (Å²) in [5, 5.41) is 0. The first-order chi connectivity index (χ1) is 18.2. The molecule has 3 rings (SSSR count). The second-order valence-electron chi connectivity index (χ2n) is 7.36. The second-order valence-corrected chi connectivity index (χ2v) is 15.9. The Morgan fingerprint density at radius 1 is 0.692 bits per heavy atom. The third kappa shape index (κ3) is 9.69. The summed E-state index contributed by atoms with van der Waals surface area (Å²) in [4.78, 5) is 38.8. The average molecular weight is 1230 g/mol. The lowest BCUT2D eigenvalue weighted by molar-refractivity contribution is 0.0522. The molecule has 0 heterocycles. The predicted octanol–water partition coefficient (Wildman–Crippen LogP) is 6.80. The van der Waals surface area contributed by atoms with Gasteiger partial charge in [0.1, 0.15) is 29.4 Å². The van der Waals surface area contributed by atoms with Crippen molar-refractivity contribution in [1.29, 1.82) is 0 Å². The van der Waals surface area contributed by atoms with Gasteiger partial charge >= 0.3 is 17.9 Å². The molecule has 0 aliphatic rings. The van der Waals surface area contributed by atoms with E-state index in [9.17, 15) is 22.8 Å². The summed E-state index contributed by atoms with van der Waals surface area (Å²) < 4.78 is 51.6. The van der Waals surface area contributed by atoms with Gasteiger partial charge in [0.15, 0.2) is 0 Å². The lowest BCUT2D eigenvalue weighted by atomic mass is 10.1. The number of ether oxygens (including phenoxy) is 3. The monoisotopic (exact) mass is 1230 g/mol. The zero-order valence-electron chi connectivity index (χ0n) is 18.8. The van der Waals surface area contributed by atoms with Gasteiger partial charge in [0, 0.05) is 27.5 Å². The molecule has 39 heavy (non-hydrogen) atoms. The Labute approximate surface area is 304 Å². The lowest BCUT2D eigenvalue weighted by Gasteiger charge is -2.14. The van der Waals surface area contributed by atoms with Crippen LogP contribution < -0.4 is 9.47 Å². The van der Waals surface area contributed by atoms with Crippen LogP contribution in [0.15, 0.2) is 42.5 Å². The number of carbonyl (C=O) groups excluding carboxylic acids is 3. The fraction of sp³-hybridized carbons (Fsp3) is 0.0870. The maximum absolute atomic E-state index is 13.1. The number of esters is 3. The van der Waals surface area contributed by atoms with Gasteiger partial charge in [-0.25, -0.2) is 14.4 Å². The molecule has 16 heteroatoms. The molecule has 0 radical (unpaired) electrons. The summed E-state index contributed by atoms with van der Waals surface area (Å²) in [7, 11) is -4.36. The van der Waals surface area contributed by atoms with E-state index in [-0.39, 0.29) is 22.6 Å². The number of carbonyl (C=O) groups is 3. The van der Waals surface area contributed by atoms with Crippen LogP contribution in [-0.2, 0) is 14.9 Å². The lowest BCUT2D eigenvalue weighted by Crippen LogP contribution is -2.18. The molecule has 0 aliphatic carbocycles. The molecule has 0 amide bonds. The average Bonchev–Trinajstić information content (AvgIpc) is 2.82. The topological polar surface area (TPSA) is 133 Å². The highest BCUT2D eigenvalue weighted by Gasteiger charge is 2.23. The Balaban J connectivity index is 1.97. The van der Waals surface area contributed by atoms with Crippen molar-refractivity contribution >= 4 is 164 Å². The fourth-order valence-electron chi connectivity index (χ4n) is 2.86. The highest BCUT2D eigenvalue weighted by molar-refractivity contribution is 14.1. The van der Waals surface area contributed by atoms with Crippen LogP contribution in [-0.4, -0.2) is 43.2 Å². The molecule has 3 aromatic rings. The summed E-state index contributed by atoms with van der Waals surface area (Å²) in [5.74, 6) is -3.51. The maximum Gasteiger partial charge on any atom is 0.344 e. The van der Waals surface area contributed by atoms with Crippen LogP contribution in [0.4, 0.5) is 0 Å². The van der Waals surface area contributed by atoms with Crippen LogP contribution in [0.5, 0.6) is 11.5 Å². The number of halogens is 6. The molecule has 0 aromatic heterocycles. The molecule has 3 aromatic carbocycles. The normalized spacial score (nSPS) is 11.2. The summed E-state index contributed by atoms with van der Waals surface area (Å²) in [6.07, 6.45) is 0. The second kappa shape index (κ2) is 14.7. The summed E-state index contributed by atoms with van der Waals surface area (Å²) >= 11 is 12.4. The third-order valence-electron chi connectivity index (χ3n) is 4.59. The van der Waals surface area contributed by atoms with Crippen molar-refractivity contribution < 1.29 is 41.6 Å². The van der Waals surface area contributed by atoms with Crippen molar-refractivity contribution in [1.82, 2.24) is 0 Å². The molecule has 0 fully saturated rings. The molecule has 0 bridgehead atoms. The van der Waals surface area contributed by atoms with E-state index in [1.165, 1.54) is 18.2 Å². The number of rotatable bonds is 8. The van der Waals surface area contributed by atoms with Gasteiger partial charge in [-0.05, 0) is 172 Å². The van der Waals surface area contributed by atoms with Gasteiger partial charge in [0.05, 0.1) is 11.1 Å². The first kappa shape index (κ1) is 33.9. The SMILES string of the molecule is O=C(OCCS(=O)(=O)O)c1ccc(OC(=O)c2cc(I)cc(I)c2I)cc1OC(=O)c1cc(I)cc(I)c1I. The van der Waals surface area contributed by atoms with Crippen LogP contribution in [0.1, 0.15) is 31.1 Å². The van der Waals surface area contributed by atoms with Crippen LogP contribution >= 0.6 is 136 Å². The van der Waals surface area contributed by atoms with Gasteiger partial charge in [0.2, 0.25) is 0 Å². The van der Waals surface area contributed by atoms with Crippen molar-refractivity contribution in [3.05, 3.63) is 80.6 Å². The standard InChI is InChI=1S/C23H12I6O9S/c24-10-5-14(19(28)16(26)7-10)22(31)37-12-1-2-13(21(30)36-3-4-39(33,34)35)18(9-12)38-23(32)15-6-11(25)8-17(27)20(15)29/h1-2,5-9H,3-4H2,(H,33,34,35). The first-order valence-corrected chi connectivity index (χ1v) is 18.2. The van der Waals surface area contributed by atoms with Crippen LogP contribution in [0, 0.1) is 21.4 Å². The van der Waals surface area contributed by atoms with E-state index in [0.717, 1.165) is 14.3 Å². The molecule has 206 valence electrons. The molecule has 0 atom stereocenters. The number of hydrogen-bond donors (Lipinski definition) is 1. The van der Waals surface area contributed by atoms with Crippen molar-refractivity contribution in [3.63, 3.8) is 0 Å². The van der Waals surface area contributed by atoms with Crippen molar-refractivity contribution in [2.24, 2.45) is 0 Å². The maximum atomic E-state index is 13.1. The molecule has 0 saturated carbocycles. The van der Waals surface area contributed by atoms with Gasteiger partial charge in [0.25, 0.3) is 10.1 Å². The van der Waals surface area contributed by atoms with E-state index < -0.39 is 40.4 Å². The Bertz CT molecular complexity index is 1590. The largest absolute Gasteiger partial charge is 0.461 e. The molecule has 0 aliphatic heterocycles. The van der Waals surface area contributed by atoms with Gasteiger partial charge in [-0.15, -0.1) is 0 Å². The molecule has 0 saturated heterocycles. The van der Waals surface area contributed by atoms with E-state index >= 15 is 0 Å².